The minimum Gasteiger partial charge on any atom is -0.459 e. The van der Waals surface area contributed by atoms with Crippen LogP contribution in [0.1, 0.15) is 35.4 Å². The molecule has 3 aromatic rings. The van der Waals surface area contributed by atoms with Crippen molar-refractivity contribution in [1.82, 2.24) is 4.31 Å². The van der Waals surface area contributed by atoms with Crippen LogP contribution in [0.3, 0.4) is 0 Å². The van der Waals surface area contributed by atoms with Gasteiger partial charge in [0.2, 0.25) is 10.0 Å². The summed E-state index contributed by atoms with van der Waals surface area (Å²) in [4.78, 5) is 14.0. The van der Waals surface area contributed by atoms with Crippen molar-refractivity contribution in [2.24, 2.45) is 0 Å². The zero-order valence-electron chi connectivity index (χ0n) is 17.0. The van der Waals surface area contributed by atoms with E-state index >= 15 is 0 Å². The van der Waals surface area contributed by atoms with Crippen molar-refractivity contribution < 1.29 is 17.6 Å². The fourth-order valence-corrected chi connectivity index (χ4v) is 5.89. The Bertz CT molecular complexity index is 1120. The second-order valence-corrected chi connectivity index (χ2v) is 10.3. The molecule has 2 heterocycles. The summed E-state index contributed by atoms with van der Waals surface area (Å²) in [5, 5.41) is 2.79. The number of amides is 1. The minimum absolute atomic E-state index is 0.241. The van der Waals surface area contributed by atoms with Crippen molar-refractivity contribution in [1.29, 1.82) is 0 Å². The molecule has 1 saturated heterocycles. The molecule has 0 saturated carbocycles. The zero-order chi connectivity index (χ0) is 21.7. The van der Waals surface area contributed by atoms with Gasteiger partial charge in [0.05, 0.1) is 11.2 Å². The first-order chi connectivity index (χ1) is 15.0. The highest BCUT2D eigenvalue weighted by atomic mass is 32.2. The number of anilines is 1. The molecule has 1 aliphatic heterocycles. The van der Waals surface area contributed by atoms with Gasteiger partial charge in [-0.05, 0) is 55.3 Å². The Morgan fingerprint density at radius 1 is 0.968 bits per heavy atom. The molecule has 4 rings (SSSR count). The summed E-state index contributed by atoms with van der Waals surface area (Å²) < 4.78 is 32.5. The normalized spacial score (nSPS) is 15.0. The third kappa shape index (κ3) is 5.20. The van der Waals surface area contributed by atoms with Crippen LogP contribution >= 0.6 is 11.8 Å². The van der Waals surface area contributed by atoms with E-state index < -0.39 is 10.0 Å². The summed E-state index contributed by atoms with van der Waals surface area (Å²) in [6, 6.07) is 18.0. The van der Waals surface area contributed by atoms with Gasteiger partial charge in [-0.3, -0.25) is 4.79 Å². The average molecular weight is 457 g/mol. The Labute approximate surface area is 186 Å². The summed E-state index contributed by atoms with van der Waals surface area (Å²) in [5.74, 6) is 0.504. The molecule has 8 heteroatoms. The summed E-state index contributed by atoms with van der Waals surface area (Å²) >= 11 is 1.62. The van der Waals surface area contributed by atoms with E-state index in [2.05, 4.69) is 5.32 Å². The van der Waals surface area contributed by atoms with Crippen molar-refractivity contribution in [3.63, 3.8) is 0 Å². The number of hydrogen-bond donors (Lipinski definition) is 1. The lowest BCUT2D eigenvalue weighted by Gasteiger charge is -2.25. The second kappa shape index (κ2) is 9.72. The Kier molecular flexibility index (Phi) is 6.80. The van der Waals surface area contributed by atoms with Crippen molar-refractivity contribution in [2.75, 3.05) is 18.4 Å². The number of thioether (sulfide) groups is 1. The molecule has 1 aliphatic rings. The van der Waals surface area contributed by atoms with Gasteiger partial charge >= 0.3 is 0 Å². The van der Waals surface area contributed by atoms with Crippen LogP contribution in [-0.2, 0) is 15.8 Å². The van der Waals surface area contributed by atoms with Gasteiger partial charge in [-0.2, -0.15) is 4.31 Å². The van der Waals surface area contributed by atoms with Gasteiger partial charge < -0.3 is 9.73 Å². The van der Waals surface area contributed by atoms with Gasteiger partial charge in [-0.25, -0.2) is 8.42 Å². The van der Waals surface area contributed by atoms with Gasteiger partial charge in [-0.15, -0.1) is 11.8 Å². The zero-order valence-corrected chi connectivity index (χ0v) is 18.6. The first-order valence-corrected chi connectivity index (χ1v) is 12.6. The lowest BCUT2D eigenvalue weighted by Crippen LogP contribution is -2.35. The number of piperidine rings is 1. The Morgan fingerprint density at radius 2 is 1.68 bits per heavy atom. The van der Waals surface area contributed by atoms with Crippen molar-refractivity contribution in [2.45, 2.75) is 34.8 Å². The third-order valence-corrected chi connectivity index (χ3v) is 8.13. The van der Waals surface area contributed by atoms with Crippen LogP contribution in [0.25, 0.3) is 0 Å². The predicted molar refractivity (Wildman–Crippen MR) is 122 cm³/mol. The smallest absolute Gasteiger partial charge is 0.291 e. The molecular weight excluding hydrogens is 432 g/mol. The molecule has 0 unspecified atom stereocenters. The quantitative estimate of drug-likeness (QED) is 0.506. The van der Waals surface area contributed by atoms with E-state index in [1.165, 1.54) is 22.7 Å². The molecule has 0 atom stereocenters. The number of hydrogen-bond acceptors (Lipinski definition) is 5. The lowest BCUT2D eigenvalue weighted by atomic mass is 10.2. The Balaban J connectivity index is 1.41. The highest BCUT2D eigenvalue weighted by molar-refractivity contribution is 7.98. The first-order valence-electron chi connectivity index (χ1n) is 10.2. The van der Waals surface area contributed by atoms with Gasteiger partial charge in [0.25, 0.3) is 5.91 Å². The van der Waals surface area contributed by atoms with Crippen LogP contribution in [-0.4, -0.2) is 31.7 Å². The van der Waals surface area contributed by atoms with Crippen LogP contribution in [0.2, 0.25) is 0 Å². The predicted octanol–water partition coefficient (Wildman–Crippen LogP) is 5.00. The number of rotatable bonds is 7. The Morgan fingerprint density at radius 3 is 2.39 bits per heavy atom. The lowest BCUT2D eigenvalue weighted by molar-refractivity contribution is 0.0995. The molecule has 0 bridgehead atoms. The van der Waals surface area contributed by atoms with Crippen LogP contribution in [0.15, 0.2) is 81.1 Å². The SMILES string of the molecule is O=C(Nc1ccc(S(=O)(=O)N2CCCCC2)cc1)c1occc1CSc1ccccc1. The fourth-order valence-electron chi connectivity index (χ4n) is 3.48. The number of carbonyl (C=O) groups excluding carboxylic acids is 1. The number of furan rings is 1. The molecule has 6 nitrogen and oxygen atoms in total. The minimum atomic E-state index is -3.49. The van der Waals surface area contributed by atoms with Crippen LogP contribution in [0, 0.1) is 0 Å². The number of nitrogens with zero attached hydrogens (tertiary/aromatic N) is 1. The highest BCUT2D eigenvalue weighted by Gasteiger charge is 2.26. The van der Waals surface area contributed by atoms with E-state index in [1.54, 1.807) is 30.0 Å². The maximum Gasteiger partial charge on any atom is 0.291 e. The van der Waals surface area contributed by atoms with Crippen molar-refractivity contribution in [3.8, 4) is 0 Å². The van der Waals surface area contributed by atoms with Crippen LogP contribution in [0.4, 0.5) is 5.69 Å². The van der Waals surface area contributed by atoms with E-state index in [-0.39, 0.29) is 16.6 Å². The molecule has 1 aromatic heterocycles. The molecule has 2 aromatic carbocycles. The van der Waals surface area contributed by atoms with Crippen molar-refractivity contribution in [3.05, 3.63) is 78.3 Å². The summed E-state index contributed by atoms with van der Waals surface area (Å²) in [5.41, 5.74) is 1.32. The van der Waals surface area contributed by atoms with Gasteiger partial charge in [0.15, 0.2) is 5.76 Å². The summed E-state index contributed by atoms with van der Waals surface area (Å²) in [7, 11) is -3.49. The second-order valence-electron chi connectivity index (χ2n) is 7.32. The fraction of sp³-hybridized carbons (Fsp3) is 0.261. The topological polar surface area (TPSA) is 79.6 Å². The van der Waals surface area contributed by atoms with Crippen LogP contribution < -0.4 is 5.32 Å². The van der Waals surface area contributed by atoms with E-state index in [0.29, 0.717) is 24.5 Å². The van der Waals surface area contributed by atoms with Crippen molar-refractivity contribution >= 4 is 33.4 Å². The molecule has 31 heavy (non-hydrogen) atoms. The molecule has 0 spiro atoms. The third-order valence-electron chi connectivity index (χ3n) is 5.16. The van der Waals surface area contributed by atoms with Gasteiger partial charge in [0, 0.05) is 35.0 Å². The highest BCUT2D eigenvalue weighted by Crippen LogP contribution is 2.26. The molecule has 162 valence electrons. The van der Waals surface area contributed by atoms with E-state index in [4.69, 9.17) is 4.42 Å². The van der Waals surface area contributed by atoms with Crippen LogP contribution in [0.5, 0.6) is 0 Å². The molecule has 1 N–H and O–H groups in total. The molecule has 0 radical (unpaired) electrons. The number of carbonyl (C=O) groups is 1. The standard InChI is InChI=1S/C23H24N2O4S2/c26-23(22-18(13-16-29-22)17-30-20-7-3-1-4-8-20)24-19-9-11-21(12-10-19)31(27,28)25-14-5-2-6-15-25/h1,3-4,7-13,16H,2,5-6,14-15,17H2,(H,24,26). The average Bonchev–Trinajstić information content (AvgIpc) is 3.28. The number of benzene rings is 2. The maximum absolute atomic E-state index is 12.8. The van der Waals surface area contributed by atoms with E-state index in [1.807, 2.05) is 30.3 Å². The molecule has 0 aliphatic carbocycles. The van der Waals surface area contributed by atoms with E-state index in [0.717, 1.165) is 29.7 Å². The van der Waals surface area contributed by atoms with Gasteiger partial charge in [0.1, 0.15) is 0 Å². The van der Waals surface area contributed by atoms with E-state index in [9.17, 15) is 13.2 Å². The molecular formula is C23H24N2O4S2. The largest absolute Gasteiger partial charge is 0.459 e. The number of sulfonamides is 1. The first kappa shape index (κ1) is 21.7. The molecule has 1 amide bonds. The van der Waals surface area contributed by atoms with Gasteiger partial charge in [-0.1, -0.05) is 24.6 Å². The maximum atomic E-state index is 12.8. The Hall–Kier alpha value is -2.55. The molecule has 1 fully saturated rings. The monoisotopic (exact) mass is 456 g/mol. The number of nitrogens with one attached hydrogen (secondary N) is 1. The summed E-state index contributed by atoms with van der Waals surface area (Å²) in [6.45, 7) is 1.12. The summed E-state index contributed by atoms with van der Waals surface area (Å²) in [6.07, 6.45) is 4.35.